The number of nitrogens with zero attached hydrogens (tertiary/aromatic N) is 3. The molecule has 1 aliphatic heterocycles. The van der Waals surface area contributed by atoms with Crippen LogP contribution < -0.4 is 10.6 Å². The van der Waals surface area contributed by atoms with Gasteiger partial charge in [0.1, 0.15) is 6.23 Å². The van der Waals surface area contributed by atoms with Gasteiger partial charge in [-0.1, -0.05) is 24.3 Å². The lowest BCUT2D eigenvalue weighted by Crippen LogP contribution is -2.36. The van der Waals surface area contributed by atoms with Crippen LogP contribution in [0.15, 0.2) is 29.3 Å². The van der Waals surface area contributed by atoms with E-state index in [2.05, 4.69) is 51.8 Å². The summed E-state index contributed by atoms with van der Waals surface area (Å²) < 4.78 is 6.06. The molecule has 1 unspecified atom stereocenters. The molecule has 1 aliphatic rings. The number of fused-ring (bicyclic) bond motifs is 1. The van der Waals surface area contributed by atoms with E-state index < -0.39 is 0 Å². The number of nitrogens with one attached hydrogen (secondary N) is 2. The summed E-state index contributed by atoms with van der Waals surface area (Å²) in [7, 11) is 3.73. The Balaban J connectivity index is 1.79. The highest BCUT2D eigenvalue weighted by Gasteiger charge is 2.24. The summed E-state index contributed by atoms with van der Waals surface area (Å²) in [5.74, 6) is 0.489. The van der Waals surface area contributed by atoms with Crippen molar-refractivity contribution in [1.29, 1.82) is 5.26 Å². The monoisotopic (exact) mass is 301 g/mol. The fourth-order valence-electron chi connectivity index (χ4n) is 2.58. The molecule has 2 rings (SSSR count). The third kappa shape index (κ3) is 4.20. The average molecular weight is 301 g/mol. The summed E-state index contributed by atoms with van der Waals surface area (Å²) in [5.41, 5.74) is 2.65. The normalized spacial score (nSPS) is 18.4. The number of likely N-dealkylation sites (N-methyl/N-ethyl adjacent to an activating group) is 1. The van der Waals surface area contributed by atoms with Crippen molar-refractivity contribution in [2.45, 2.75) is 19.1 Å². The Morgan fingerprint density at radius 1 is 1.50 bits per heavy atom. The van der Waals surface area contributed by atoms with Crippen molar-refractivity contribution in [3.05, 3.63) is 35.4 Å². The van der Waals surface area contributed by atoms with Gasteiger partial charge in [0.05, 0.1) is 6.61 Å². The van der Waals surface area contributed by atoms with Crippen LogP contribution in [0.1, 0.15) is 23.8 Å². The molecule has 6 heteroatoms. The van der Waals surface area contributed by atoms with Gasteiger partial charge in [0.2, 0.25) is 5.96 Å². The van der Waals surface area contributed by atoms with Crippen LogP contribution in [-0.2, 0) is 11.2 Å². The Bertz CT molecular complexity index is 552. The van der Waals surface area contributed by atoms with E-state index in [1.807, 2.05) is 6.19 Å². The molecule has 1 heterocycles. The van der Waals surface area contributed by atoms with Gasteiger partial charge in [-0.15, -0.1) is 0 Å². The molecule has 2 N–H and O–H groups in total. The van der Waals surface area contributed by atoms with E-state index >= 15 is 0 Å². The minimum absolute atomic E-state index is 0.0292. The maximum absolute atomic E-state index is 8.55. The first-order valence-corrected chi connectivity index (χ1v) is 7.51. The molecule has 1 aromatic rings. The smallest absolute Gasteiger partial charge is 0.204 e. The van der Waals surface area contributed by atoms with Crippen molar-refractivity contribution in [2.75, 3.05) is 33.8 Å². The van der Waals surface area contributed by atoms with Crippen LogP contribution in [0.2, 0.25) is 0 Å². The van der Waals surface area contributed by atoms with Crippen molar-refractivity contribution in [2.24, 2.45) is 4.99 Å². The minimum Gasteiger partial charge on any atom is -0.359 e. The molecule has 0 saturated heterocycles. The standard InChI is InChI=1S/C16H23N5O/c1-18-16(20-12-17)19-9-5-11-22-15-14-7-4-3-6-13(14)8-10-21(15)2/h3-4,6-7,15H,5,8-11H2,1-2H3,(H2,18,19,20). The van der Waals surface area contributed by atoms with Crippen LogP contribution in [0.25, 0.3) is 0 Å². The summed E-state index contributed by atoms with van der Waals surface area (Å²) in [6.07, 6.45) is 3.80. The lowest BCUT2D eigenvalue weighted by Gasteiger charge is -2.34. The fourth-order valence-corrected chi connectivity index (χ4v) is 2.58. The molecule has 6 nitrogen and oxygen atoms in total. The third-order valence-corrected chi connectivity index (χ3v) is 3.74. The van der Waals surface area contributed by atoms with Gasteiger partial charge in [-0.3, -0.25) is 15.2 Å². The van der Waals surface area contributed by atoms with Gasteiger partial charge in [-0.2, -0.15) is 5.26 Å². The number of hydrogen-bond acceptors (Lipinski definition) is 4. The van der Waals surface area contributed by atoms with Crippen molar-refractivity contribution in [3.63, 3.8) is 0 Å². The Morgan fingerprint density at radius 3 is 3.09 bits per heavy atom. The highest BCUT2D eigenvalue weighted by Crippen LogP contribution is 2.29. The molecular weight excluding hydrogens is 278 g/mol. The van der Waals surface area contributed by atoms with Gasteiger partial charge in [-0.25, -0.2) is 0 Å². The number of hydrogen-bond donors (Lipinski definition) is 2. The molecule has 0 aromatic heterocycles. The Morgan fingerprint density at radius 2 is 2.32 bits per heavy atom. The van der Waals surface area contributed by atoms with E-state index in [1.54, 1.807) is 7.05 Å². The van der Waals surface area contributed by atoms with E-state index in [0.717, 1.165) is 19.4 Å². The molecule has 0 bridgehead atoms. The predicted octanol–water partition coefficient (Wildman–Crippen LogP) is 1.23. The summed E-state index contributed by atoms with van der Waals surface area (Å²) in [5, 5.41) is 14.1. The largest absolute Gasteiger partial charge is 0.359 e. The van der Waals surface area contributed by atoms with Crippen molar-refractivity contribution < 1.29 is 4.74 Å². The second kappa shape index (κ2) is 8.37. The average Bonchev–Trinajstić information content (AvgIpc) is 2.55. The molecule has 0 amide bonds. The number of benzene rings is 1. The van der Waals surface area contributed by atoms with Crippen LogP contribution in [0.4, 0.5) is 0 Å². The third-order valence-electron chi connectivity index (χ3n) is 3.74. The van der Waals surface area contributed by atoms with E-state index in [0.29, 0.717) is 19.1 Å². The first-order valence-electron chi connectivity index (χ1n) is 7.51. The SMILES string of the molecule is CN=C(NC#N)NCCCOC1c2ccccc2CCN1C. The van der Waals surface area contributed by atoms with E-state index in [9.17, 15) is 0 Å². The summed E-state index contributed by atoms with van der Waals surface area (Å²) >= 11 is 0. The van der Waals surface area contributed by atoms with Gasteiger partial charge in [0.25, 0.3) is 0 Å². The zero-order valence-corrected chi connectivity index (χ0v) is 13.2. The van der Waals surface area contributed by atoms with Crippen molar-refractivity contribution in [3.8, 4) is 6.19 Å². The molecule has 0 spiro atoms. The lowest BCUT2D eigenvalue weighted by atomic mass is 9.99. The van der Waals surface area contributed by atoms with Crippen LogP contribution in [0, 0.1) is 11.5 Å². The minimum atomic E-state index is 0.0292. The highest BCUT2D eigenvalue weighted by atomic mass is 16.5. The summed E-state index contributed by atoms with van der Waals surface area (Å²) in [6.45, 7) is 2.37. The number of rotatable bonds is 5. The first kappa shape index (κ1) is 16.3. The first-order chi connectivity index (χ1) is 10.8. The Labute approximate surface area is 131 Å². The van der Waals surface area contributed by atoms with Gasteiger partial charge in [0.15, 0.2) is 6.19 Å². The Kier molecular flexibility index (Phi) is 6.19. The number of nitriles is 1. The fraction of sp³-hybridized carbons (Fsp3) is 0.500. The molecule has 22 heavy (non-hydrogen) atoms. The van der Waals surface area contributed by atoms with Gasteiger partial charge in [0, 0.05) is 20.1 Å². The highest BCUT2D eigenvalue weighted by molar-refractivity contribution is 5.80. The second-order valence-corrected chi connectivity index (χ2v) is 5.24. The Hall–Kier alpha value is -2.10. The molecule has 1 atom stereocenters. The molecule has 118 valence electrons. The van der Waals surface area contributed by atoms with E-state index in [1.165, 1.54) is 11.1 Å². The van der Waals surface area contributed by atoms with Crippen LogP contribution >= 0.6 is 0 Å². The molecule has 0 saturated carbocycles. The van der Waals surface area contributed by atoms with Crippen LogP contribution in [0.3, 0.4) is 0 Å². The van der Waals surface area contributed by atoms with E-state index in [-0.39, 0.29) is 6.23 Å². The quantitative estimate of drug-likeness (QED) is 0.281. The zero-order valence-electron chi connectivity index (χ0n) is 13.2. The molecule has 0 aliphatic carbocycles. The predicted molar refractivity (Wildman–Crippen MR) is 86.2 cm³/mol. The molecule has 1 aromatic carbocycles. The maximum Gasteiger partial charge on any atom is 0.204 e. The lowest BCUT2D eigenvalue weighted by molar-refractivity contribution is -0.0565. The van der Waals surface area contributed by atoms with Gasteiger partial charge < -0.3 is 10.1 Å². The number of ether oxygens (including phenoxy) is 1. The van der Waals surface area contributed by atoms with Crippen molar-refractivity contribution in [1.82, 2.24) is 15.5 Å². The zero-order chi connectivity index (χ0) is 15.8. The number of aliphatic imine (C=N–C) groups is 1. The topological polar surface area (TPSA) is 72.7 Å². The van der Waals surface area contributed by atoms with E-state index in [4.69, 9.17) is 10.00 Å². The molecular formula is C16H23N5O. The van der Waals surface area contributed by atoms with Gasteiger partial charge >= 0.3 is 0 Å². The van der Waals surface area contributed by atoms with Crippen LogP contribution in [-0.4, -0.2) is 44.7 Å². The van der Waals surface area contributed by atoms with Gasteiger partial charge in [-0.05, 0) is 31.0 Å². The molecule has 0 fully saturated rings. The maximum atomic E-state index is 8.55. The molecule has 0 radical (unpaired) electrons. The summed E-state index contributed by atoms with van der Waals surface area (Å²) in [4.78, 5) is 6.17. The number of guanidine groups is 1. The second-order valence-electron chi connectivity index (χ2n) is 5.24. The summed E-state index contributed by atoms with van der Waals surface area (Å²) in [6, 6.07) is 8.47. The van der Waals surface area contributed by atoms with Crippen LogP contribution in [0.5, 0.6) is 0 Å². The van der Waals surface area contributed by atoms with Crippen molar-refractivity contribution >= 4 is 5.96 Å².